The first-order valence-electron chi connectivity index (χ1n) is 10.9. The van der Waals surface area contributed by atoms with Gasteiger partial charge < -0.3 is 0 Å². The van der Waals surface area contributed by atoms with E-state index in [1.807, 2.05) is 12.1 Å². The third-order valence-electron chi connectivity index (χ3n) is 6.98. The summed E-state index contributed by atoms with van der Waals surface area (Å²) < 4.78 is 0. The van der Waals surface area contributed by atoms with Crippen molar-refractivity contribution < 1.29 is 0 Å². The first-order chi connectivity index (χ1) is 12.8. The zero-order chi connectivity index (χ0) is 18.2. The molecule has 2 aliphatic carbocycles. The second-order valence-electron chi connectivity index (χ2n) is 8.65. The quantitative estimate of drug-likeness (QED) is 0.491. The number of rotatable bonds is 6. The van der Waals surface area contributed by atoms with Crippen LogP contribution in [-0.2, 0) is 0 Å². The predicted octanol–water partition coefficient (Wildman–Crippen LogP) is 7.38. The van der Waals surface area contributed by atoms with Crippen LogP contribution in [0.1, 0.15) is 94.6 Å². The molecule has 140 valence electrons. The standard InChI is InChI=1S/C25H35N/c1-2-20-7-9-21(10-8-20)5-3-4-6-22-11-15-24(16-12-22)25-17-13-23(19-26)14-18-25/h3,5,13-14,17-18,20-22,24H,2,4,6-12,15-16H2,1H3/b5-3+. The molecular weight excluding hydrogens is 314 g/mol. The van der Waals surface area contributed by atoms with Crippen molar-refractivity contribution in [1.82, 2.24) is 0 Å². The van der Waals surface area contributed by atoms with Gasteiger partial charge in [0.2, 0.25) is 0 Å². The molecule has 0 aliphatic heterocycles. The topological polar surface area (TPSA) is 23.8 Å². The van der Waals surface area contributed by atoms with E-state index in [0.717, 1.165) is 23.3 Å². The molecule has 26 heavy (non-hydrogen) atoms. The largest absolute Gasteiger partial charge is 0.192 e. The van der Waals surface area contributed by atoms with Crippen LogP contribution in [-0.4, -0.2) is 0 Å². The summed E-state index contributed by atoms with van der Waals surface area (Å²) >= 11 is 0. The molecule has 0 unspecified atom stereocenters. The van der Waals surface area contributed by atoms with E-state index in [9.17, 15) is 0 Å². The Hall–Kier alpha value is -1.55. The number of hydrogen-bond donors (Lipinski definition) is 0. The summed E-state index contributed by atoms with van der Waals surface area (Å²) in [6.07, 6.45) is 20.2. The minimum Gasteiger partial charge on any atom is -0.192 e. The van der Waals surface area contributed by atoms with Gasteiger partial charge in [0.05, 0.1) is 11.6 Å². The highest BCUT2D eigenvalue weighted by atomic mass is 14.3. The van der Waals surface area contributed by atoms with E-state index in [-0.39, 0.29) is 0 Å². The first-order valence-corrected chi connectivity index (χ1v) is 10.9. The maximum absolute atomic E-state index is 8.93. The lowest BCUT2D eigenvalue weighted by atomic mass is 9.77. The van der Waals surface area contributed by atoms with Crippen molar-refractivity contribution in [3.63, 3.8) is 0 Å². The molecule has 2 aliphatic rings. The summed E-state index contributed by atoms with van der Waals surface area (Å²) in [6.45, 7) is 2.34. The maximum atomic E-state index is 8.93. The Morgan fingerprint density at radius 2 is 1.58 bits per heavy atom. The monoisotopic (exact) mass is 349 g/mol. The highest BCUT2D eigenvalue weighted by Crippen LogP contribution is 2.37. The summed E-state index contributed by atoms with van der Waals surface area (Å²) in [4.78, 5) is 0. The molecular formula is C25H35N. The van der Waals surface area contributed by atoms with Crippen LogP contribution in [0.3, 0.4) is 0 Å². The average molecular weight is 350 g/mol. The molecule has 0 aromatic heterocycles. The summed E-state index contributed by atoms with van der Waals surface area (Å²) in [5.41, 5.74) is 2.21. The van der Waals surface area contributed by atoms with Crippen LogP contribution in [0, 0.1) is 29.1 Å². The third-order valence-corrected chi connectivity index (χ3v) is 6.98. The lowest BCUT2D eigenvalue weighted by molar-refractivity contribution is 0.301. The van der Waals surface area contributed by atoms with Crippen LogP contribution in [0.5, 0.6) is 0 Å². The maximum Gasteiger partial charge on any atom is 0.0991 e. The highest BCUT2D eigenvalue weighted by Gasteiger charge is 2.22. The van der Waals surface area contributed by atoms with Crippen LogP contribution in [0.15, 0.2) is 36.4 Å². The van der Waals surface area contributed by atoms with Gasteiger partial charge in [-0.15, -0.1) is 0 Å². The van der Waals surface area contributed by atoms with Crippen molar-refractivity contribution in [2.75, 3.05) is 0 Å². The molecule has 0 N–H and O–H groups in total. The Labute approximate surface area is 160 Å². The molecule has 1 heteroatoms. The molecule has 2 fully saturated rings. The minimum atomic E-state index is 0.711. The van der Waals surface area contributed by atoms with Crippen LogP contribution < -0.4 is 0 Å². The fraction of sp³-hybridized carbons (Fsp3) is 0.640. The van der Waals surface area contributed by atoms with Gasteiger partial charge in [0.25, 0.3) is 0 Å². The Morgan fingerprint density at radius 3 is 2.19 bits per heavy atom. The second-order valence-corrected chi connectivity index (χ2v) is 8.65. The van der Waals surface area contributed by atoms with Gasteiger partial charge in [0.1, 0.15) is 0 Å². The van der Waals surface area contributed by atoms with E-state index in [1.165, 1.54) is 76.2 Å². The first kappa shape index (κ1) is 19.2. The summed E-state index contributed by atoms with van der Waals surface area (Å²) in [5, 5.41) is 8.93. The lowest BCUT2D eigenvalue weighted by Crippen LogP contribution is -2.13. The zero-order valence-electron chi connectivity index (χ0n) is 16.5. The molecule has 0 bridgehead atoms. The Morgan fingerprint density at radius 1 is 0.923 bits per heavy atom. The SMILES string of the molecule is CCC1CCC(/C=C/CCC2CCC(c3ccc(C#N)cc3)CC2)CC1. The minimum absolute atomic E-state index is 0.711. The number of hydrogen-bond acceptors (Lipinski definition) is 1. The zero-order valence-corrected chi connectivity index (χ0v) is 16.5. The van der Waals surface area contributed by atoms with E-state index in [1.54, 1.807) is 0 Å². The molecule has 0 atom stereocenters. The van der Waals surface area contributed by atoms with Gasteiger partial charge in [-0.1, -0.05) is 37.6 Å². The number of allylic oxidation sites excluding steroid dienone is 2. The van der Waals surface area contributed by atoms with Gasteiger partial charge >= 0.3 is 0 Å². The van der Waals surface area contributed by atoms with Crippen molar-refractivity contribution in [3.05, 3.63) is 47.5 Å². The van der Waals surface area contributed by atoms with Crippen molar-refractivity contribution in [3.8, 4) is 6.07 Å². The fourth-order valence-electron chi connectivity index (χ4n) is 5.02. The number of benzene rings is 1. The van der Waals surface area contributed by atoms with E-state index in [4.69, 9.17) is 5.26 Å². The smallest absolute Gasteiger partial charge is 0.0991 e. The molecule has 3 rings (SSSR count). The van der Waals surface area contributed by atoms with Crippen molar-refractivity contribution in [1.29, 1.82) is 5.26 Å². The summed E-state index contributed by atoms with van der Waals surface area (Å²) in [7, 11) is 0. The molecule has 1 aromatic carbocycles. The average Bonchev–Trinajstić information content (AvgIpc) is 2.72. The van der Waals surface area contributed by atoms with E-state index >= 15 is 0 Å². The molecule has 0 radical (unpaired) electrons. The molecule has 1 nitrogen and oxygen atoms in total. The fourth-order valence-corrected chi connectivity index (χ4v) is 5.02. The van der Waals surface area contributed by atoms with Gasteiger partial charge in [-0.05, 0) is 106 Å². The van der Waals surface area contributed by atoms with Crippen LogP contribution in [0.25, 0.3) is 0 Å². The van der Waals surface area contributed by atoms with E-state index in [0.29, 0.717) is 5.92 Å². The molecule has 0 heterocycles. The third kappa shape index (κ3) is 5.47. The van der Waals surface area contributed by atoms with Crippen LogP contribution in [0.4, 0.5) is 0 Å². The van der Waals surface area contributed by atoms with E-state index < -0.39 is 0 Å². The second kappa shape index (κ2) is 9.96. The van der Waals surface area contributed by atoms with Gasteiger partial charge in [-0.3, -0.25) is 0 Å². The molecule has 1 aromatic rings. The summed E-state index contributed by atoms with van der Waals surface area (Å²) in [6, 6.07) is 10.5. The van der Waals surface area contributed by atoms with Crippen molar-refractivity contribution in [2.24, 2.45) is 17.8 Å². The van der Waals surface area contributed by atoms with Crippen molar-refractivity contribution in [2.45, 2.75) is 83.5 Å². The number of nitriles is 1. The number of nitrogens with zero attached hydrogens (tertiary/aromatic N) is 1. The normalized spacial score (nSPS) is 29.5. The molecule has 2 saturated carbocycles. The van der Waals surface area contributed by atoms with Gasteiger partial charge in [0.15, 0.2) is 0 Å². The van der Waals surface area contributed by atoms with Gasteiger partial charge in [-0.2, -0.15) is 5.26 Å². The Kier molecular flexibility index (Phi) is 7.36. The molecule has 0 amide bonds. The van der Waals surface area contributed by atoms with Gasteiger partial charge in [-0.25, -0.2) is 0 Å². The van der Waals surface area contributed by atoms with E-state index in [2.05, 4.69) is 37.3 Å². The highest BCUT2D eigenvalue weighted by molar-refractivity contribution is 5.33. The molecule has 0 spiro atoms. The predicted molar refractivity (Wildman–Crippen MR) is 110 cm³/mol. The van der Waals surface area contributed by atoms with Gasteiger partial charge in [0, 0.05) is 0 Å². The Balaban J connectivity index is 1.34. The lowest BCUT2D eigenvalue weighted by Gasteiger charge is -2.29. The van der Waals surface area contributed by atoms with Crippen molar-refractivity contribution >= 4 is 0 Å². The molecule has 0 saturated heterocycles. The van der Waals surface area contributed by atoms with Crippen LogP contribution in [0.2, 0.25) is 0 Å². The summed E-state index contributed by atoms with van der Waals surface area (Å²) in [5.74, 6) is 3.50. The Bertz CT molecular complexity index is 590. The van der Waals surface area contributed by atoms with Crippen LogP contribution >= 0.6 is 0 Å².